The summed E-state index contributed by atoms with van der Waals surface area (Å²) in [5, 5.41) is 3.20. The van der Waals surface area contributed by atoms with Crippen molar-refractivity contribution in [3.05, 3.63) is 18.6 Å². The predicted octanol–water partition coefficient (Wildman–Crippen LogP) is 0.325. The Hall–Kier alpha value is -2.54. The van der Waals surface area contributed by atoms with Crippen LogP contribution in [0.1, 0.15) is 19.3 Å². The topological polar surface area (TPSA) is 148 Å². The van der Waals surface area contributed by atoms with Crippen molar-refractivity contribution in [3.8, 4) is 5.88 Å². The summed E-state index contributed by atoms with van der Waals surface area (Å²) in [7, 11) is 2.11. The zero-order valence-corrected chi connectivity index (χ0v) is 18.9. The number of hydrogen-bond donors (Lipinski definition) is 3. The van der Waals surface area contributed by atoms with Gasteiger partial charge in [-0.2, -0.15) is 4.98 Å². The maximum absolute atomic E-state index is 11.6. The summed E-state index contributed by atoms with van der Waals surface area (Å²) in [6, 6.07) is 0.156. The summed E-state index contributed by atoms with van der Waals surface area (Å²) in [5.74, 6) is 1.19. The fourth-order valence-electron chi connectivity index (χ4n) is 3.66. The van der Waals surface area contributed by atoms with Gasteiger partial charge in [-0.05, 0) is 26.3 Å². The highest BCUT2D eigenvalue weighted by Crippen LogP contribution is 2.35. The van der Waals surface area contributed by atoms with Gasteiger partial charge in [-0.1, -0.05) is 11.8 Å². The molecule has 2 aromatic heterocycles. The minimum Gasteiger partial charge on any atom is -0.473 e. The van der Waals surface area contributed by atoms with Gasteiger partial charge >= 0.3 is 0 Å². The van der Waals surface area contributed by atoms with Crippen LogP contribution in [0.15, 0.2) is 28.5 Å². The Morgan fingerprint density at radius 2 is 2.03 bits per heavy atom. The first-order valence-corrected chi connectivity index (χ1v) is 11.5. The van der Waals surface area contributed by atoms with E-state index in [0.717, 1.165) is 50.3 Å². The number of aromatic nitrogens is 4. The third-order valence-electron chi connectivity index (χ3n) is 5.48. The van der Waals surface area contributed by atoms with E-state index in [1.807, 2.05) is 0 Å². The lowest BCUT2D eigenvalue weighted by molar-refractivity contribution is -0.114. The Morgan fingerprint density at radius 3 is 2.75 bits per heavy atom. The van der Waals surface area contributed by atoms with Crippen molar-refractivity contribution in [1.29, 1.82) is 0 Å². The van der Waals surface area contributed by atoms with Gasteiger partial charge in [0.2, 0.25) is 17.7 Å². The Balaban J connectivity index is 1.56. The van der Waals surface area contributed by atoms with E-state index < -0.39 is 0 Å². The molecule has 0 bridgehead atoms. The molecule has 2 aromatic rings. The minimum atomic E-state index is -0.331. The van der Waals surface area contributed by atoms with E-state index in [0.29, 0.717) is 22.7 Å². The molecule has 0 radical (unpaired) electrons. The van der Waals surface area contributed by atoms with E-state index >= 15 is 0 Å². The van der Waals surface area contributed by atoms with E-state index in [1.165, 1.54) is 18.0 Å². The molecule has 2 unspecified atom stereocenters. The molecular weight excluding hydrogens is 430 g/mol. The molecule has 32 heavy (non-hydrogen) atoms. The summed E-state index contributed by atoms with van der Waals surface area (Å²) in [5.41, 5.74) is 11.4. The molecular formula is C20H29N9O2S. The van der Waals surface area contributed by atoms with Gasteiger partial charge in [0.1, 0.15) is 11.1 Å². The normalized spacial score (nSPS) is 21.5. The second-order valence-corrected chi connectivity index (χ2v) is 9.10. The number of carbonyl (C=O) groups excluding carboxylic acids is 1. The molecule has 172 valence electrons. The molecule has 4 rings (SSSR count). The SMILES string of the molecule is CN1CCN(c2ncc(Sc3cncc(NC(=O)CN)n3)c(OC3CCC(N)C3)n2)CC1. The van der Waals surface area contributed by atoms with E-state index in [4.69, 9.17) is 21.2 Å². The van der Waals surface area contributed by atoms with Gasteiger partial charge in [-0.25, -0.2) is 9.97 Å². The van der Waals surface area contributed by atoms with Gasteiger partial charge < -0.3 is 31.3 Å². The molecule has 12 heteroatoms. The summed E-state index contributed by atoms with van der Waals surface area (Å²) >= 11 is 1.34. The first-order valence-electron chi connectivity index (χ1n) is 10.7. The number of ether oxygens (including phenoxy) is 1. The van der Waals surface area contributed by atoms with Gasteiger partial charge in [0.05, 0.1) is 30.0 Å². The number of amides is 1. The first kappa shape index (κ1) is 22.6. The maximum Gasteiger partial charge on any atom is 0.239 e. The van der Waals surface area contributed by atoms with Crippen molar-refractivity contribution < 1.29 is 9.53 Å². The highest BCUT2D eigenvalue weighted by Gasteiger charge is 2.26. The number of piperazine rings is 1. The zero-order chi connectivity index (χ0) is 22.5. The number of hydrogen-bond acceptors (Lipinski definition) is 11. The third-order valence-corrected chi connectivity index (χ3v) is 6.38. The number of nitrogens with one attached hydrogen (secondary N) is 1. The lowest BCUT2D eigenvalue weighted by Crippen LogP contribution is -2.45. The van der Waals surface area contributed by atoms with Crippen molar-refractivity contribution in [3.63, 3.8) is 0 Å². The molecule has 3 heterocycles. The molecule has 0 spiro atoms. The van der Waals surface area contributed by atoms with Crippen LogP contribution in [0.5, 0.6) is 5.88 Å². The van der Waals surface area contributed by atoms with Crippen molar-refractivity contribution in [1.82, 2.24) is 24.8 Å². The lowest BCUT2D eigenvalue weighted by atomic mass is 10.3. The Kier molecular flexibility index (Phi) is 7.35. The molecule has 11 nitrogen and oxygen atoms in total. The lowest BCUT2D eigenvalue weighted by Gasteiger charge is -2.32. The van der Waals surface area contributed by atoms with Crippen molar-refractivity contribution in [2.24, 2.45) is 11.5 Å². The number of carbonyl (C=O) groups is 1. The van der Waals surface area contributed by atoms with Crippen LogP contribution in [-0.4, -0.2) is 82.7 Å². The average Bonchev–Trinajstić information content (AvgIpc) is 3.20. The van der Waals surface area contributed by atoms with Gasteiger partial charge in [-0.3, -0.25) is 9.78 Å². The minimum absolute atomic E-state index is 0.0286. The molecule has 1 aliphatic carbocycles. The summed E-state index contributed by atoms with van der Waals surface area (Å²) in [4.78, 5) is 34.7. The van der Waals surface area contributed by atoms with Gasteiger partial charge in [0.15, 0.2) is 5.82 Å². The van der Waals surface area contributed by atoms with Crippen molar-refractivity contribution in [2.45, 2.75) is 41.3 Å². The maximum atomic E-state index is 11.6. The highest BCUT2D eigenvalue weighted by atomic mass is 32.2. The van der Waals surface area contributed by atoms with Crippen LogP contribution in [0.3, 0.4) is 0 Å². The molecule has 1 amide bonds. The fraction of sp³-hybridized carbons (Fsp3) is 0.550. The van der Waals surface area contributed by atoms with Gasteiger partial charge in [0.25, 0.3) is 0 Å². The van der Waals surface area contributed by atoms with E-state index in [1.54, 1.807) is 12.4 Å². The molecule has 2 fully saturated rings. The average molecular weight is 460 g/mol. The summed E-state index contributed by atoms with van der Waals surface area (Å²) < 4.78 is 6.29. The molecule has 5 N–H and O–H groups in total. The number of nitrogens with two attached hydrogens (primary N) is 2. The quantitative estimate of drug-likeness (QED) is 0.526. The molecule has 0 aromatic carbocycles. The monoisotopic (exact) mass is 459 g/mol. The number of rotatable bonds is 7. The second-order valence-electron chi connectivity index (χ2n) is 8.04. The van der Waals surface area contributed by atoms with Crippen LogP contribution in [-0.2, 0) is 4.79 Å². The molecule has 2 atom stereocenters. The van der Waals surface area contributed by atoms with E-state index in [9.17, 15) is 4.79 Å². The fourth-order valence-corrected chi connectivity index (χ4v) is 4.43. The molecule has 2 aliphatic rings. The van der Waals surface area contributed by atoms with Crippen LogP contribution in [0.25, 0.3) is 0 Å². The summed E-state index contributed by atoms with van der Waals surface area (Å²) in [6.45, 7) is 3.53. The Labute approximate surface area is 191 Å². The van der Waals surface area contributed by atoms with Crippen LogP contribution >= 0.6 is 11.8 Å². The largest absolute Gasteiger partial charge is 0.473 e. The van der Waals surface area contributed by atoms with Gasteiger partial charge in [-0.15, -0.1) is 0 Å². The smallest absolute Gasteiger partial charge is 0.239 e. The second kappa shape index (κ2) is 10.4. The molecule has 1 saturated heterocycles. The number of anilines is 2. The summed E-state index contributed by atoms with van der Waals surface area (Å²) in [6.07, 6.45) is 7.53. The van der Waals surface area contributed by atoms with Gasteiger partial charge in [0, 0.05) is 32.2 Å². The third kappa shape index (κ3) is 5.82. The number of nitrogens with zero attached hydrogens (tertiary/aromatic N) is 6. The van der Waals surface area contributed by atoms with Crippen LogP contribution in [0.4, 0.5) is 11.8 Å². The van der Waals surface area contributed by atoms with Crippen LogP contribution < -0.4 is 26.4 Å². The Morgan fingerprint density at radius 1 is 1.22 bits per heavy atom. The van der Waals surface area contributed by atoms with Crippen molar-refractivity contribution in [2.75, 3.05) is 50.0 Å². The highest BCUT2D eigenvalue weighted by molar-refractivity contribution is 7.99. The first-order chi connectivity index (χ1) is 15.5. The molecule has 1 saturated carbocycles. The number of likely N-dealkylation sites (N-methyl/N-ethyl adjacent to an activating group) is 1. The Bertz CT molecular complexity index is 939. The zero-order valence-electron chi connectivity index (χ0n) is 18.1. The molecule has 1 aliphatic heterocycles. The van der Waals surface area contributed by atoms with E-state index in [2.05, 4.69) is 37.1 Å². The van der Waals surface area contributed by atoms with Crippen LogP contribution in [0.2, 0.25) is 0 Å². The predicted molar refractivity (Wildman–Crippen MR) is 122 cm³/mol. The van der Waals surface area contributed by atoms with E-state index in [-0.39, 0.29) is 24.6 Å². The standard InChI is InChI=1S/C20H29N9O2S/c1-28-4-6-29(7-5-28)20-24-10-15(19(27-20)31-14-3-2-13(22)8-14)32-18-12-23-11-16(26-18)25-17(30)9-21/h10-14H,2-9,21-22H2,1H3,(H,25,26,30). The van der Waals surface area contributed by atoms with Crippen molar-refractivity contribution >= 4 is 29.4 Å². The van der Waals surface area contributed by atoms with Crippen LogP contribution in [0, 0.1) is 0 Å².